The van der Waals surface area contributed by atoms with Gasteiger partial charge < -0.3 is 9.64 Å². The summed E-state index contributed by atoms with van der Waals surface area (Å²) in [5.41, 5.74) is 17.7. The molecule has 7 aromatic carbocycles. The van der Waals surface area contributed by atoms with Crippen molar-refractivity contribution >= 4 is 17.1 Å². The SMILES string of the molecule is C1=CCC2=C(C=C1)C1(C3=C2CC=CC=C3)c2ccccc2Oc2c(-c3ccc(N(c4ccc(-c5ccccc5)cc4)c4ccc(-c5ccccc5)cc4)cc3)cccc21. The van der Waals surface area contributed by atoms with Crippen molar-refractivity contribution in [2.45, 2.75) is 18.3 Å². The maximum Gasteiger partial charge on any atom is 0.140 e. The molecule has 280 valence electrons. The highest BCUT2D eigenvalue weighted by Crippen LogP contribution is 2.63. The minimum absolute atomic E-state index is 0.496. The largest absolute Gasteiger partial charge is 0.456 e. The van der Waals surface area contributed by atoms with Gasteiger partial charge in [-0.2, -0.15) is 0 Å². The van der Waals surface area contributed by atoms with E-state index in [0.29, 0.717) is 0 Å². The number of hydrogen-bond donors (Lipinski definition) is 0. The quantitative estimate of drug-likeness (QED) is 0.168. The van der Waals surface area contributed by atoms with Gasteiger partial charge in [-0.3, -0.25) is 0 Å². The van der Waals surface area contributed by atoms with E-state index in [1.54, 1.807) is 0 Å². The summed E-state index contributed by atoms with van der Waals surface area (Å²) in [6.45, 7) is 0. The highest BCUT2D eigenvalue weighted by molar-refractivity contribution is 5.86. The average molecular weight is 756 g/mol. The summed E-state index contributed by atoms with van der Waals surface area (Å²) in [7, 11) is 0. The van der Waals surface area contributed by atoms with E-state index in [4.69, 9.17) is 4.74 Å². The summed E-state index contributed by atoms with van der Waals surface area (Å²) in [6.07, 6.45) is 19.9. The number of allylic oxidation sites excluding steroid dienone is 12. The molecule has 59 heavy (non-hydrogen) atoms. The first-order chi connectivity index (χ1) is 29.3. The molecule has 0 aromatic heterocycles. The predicted molar refractivity (Wildman–Crippen MR) is 245 cm³/mol. The first kappa shape index (κ1) is 34.8. The Hall–Kier alpha value is -7.42. The first-order valence-corrected chi connectivity index (χ1v) is 20.5. The zero-order valence-corrected chi connectivity index (χ0v) is 32.6. The van der Waals surface area contributed by atoms with Gasteiger partial charge in [0.1, 0.15) is 11.5 Å². The molecule has 7 aromatic rings. The molecule has 1 spiro atoms. The Morgan fingerprint density at radius 2 is 0.847 bits per heavy atom. The molecular formula is C57H41NO. The minimum atomic E-state index is -0.496. The van der Waals surface area contributed by atoms with Gasteiger partial charge in [0.25, 0.3) is 0 Å². The van der Waals surface area contributed by atoms with Gasteiger partial charge in [0.05, 0.1) is 5.41 Å². The molecule has 0 bridgehead atoms. The van der Waals surface area contributed by atoms with E-state index in [1.165, 1.54) is 55.7 Å². The highest BCUT2D eigenvalue weighted by atomic mass is 16.5. The second-order valence-electron chi connectivity index (χ2n) is 15.5. The maximum absolute atomic E-state index is 7.05. The van der Waals surface area contributed by atoms with Crippen LogP contribution in [0.15, 0.2) is 247 Å². The van der Waals surface area contributed by atoms with Gasteiger partial charge in [-0.1, -0.05) is 182 Å². The first-order valence-electron chi connectivity index (χ1n) is 20.5. The molecule has 11 rings (SSSR count). The van der Waals surface area contributed by atoms with Crippen molar-refractivity contribution in [1.82, 2.24) is 0 Å². The predicted octanol–water partition coefficient (Wildman–Crippen LogP) is 15.2. The van der Waals surface area contributed by atoms with Gasteiger partial charge in [0.2, 0.25) is 0 Å². The zero-order chi connectivity index (χ0) is 39.2. The van der Waals surface area contributed by atoms with Crippen LogP contribution in [0.5, 0.6) is 11.5 Å². The molecule has 0 saturated heterocycles. The Balaban J connectivity index is 1.03. The van der Waals surface area contributed by atoms with Gasteiger partial charge in [-0.15, -0.1) is 0 Å². The lowest BCUT2D eigenvalue weighted by Gasteiger charge is -2.41. The van der Waals surface area contributed by atoms with E-state index in [-0.39, 0.29) is 0 Å². The third-order valence-corrected chi connectivity index (χ3v) is 12.3. The summed E-state index contributed by atoms with van der Waals surface area (Å²) < 4.78 is 7.05. The molecule has 0 atom stereocenters. The molecule has 0 N–H and O–H groups in total. The van der Waals surface area contributed by atoms with Crippen LogP contribution in [0.25, 0.3) is 33.4 Å². The highest BCUT2D eigenvalue weighted by Gasteiger charge is 2.52. The molecule has 0 amide bonds. The van der Waals surface area contributed by atoms with Crippen LogP contribution in [0.2, 0.25) is 0 Å². The van der Waals surface area contributed by atoms with Crippen LogP contribution in [0, 0.1) is 0 Å². The third-order valence-electron chi connectivity index (χ3n) is 12.3. The molecule has 2 nitrogen and oxygen atoms in total. The maximum atomic E-state index is 7.05. The van der Waals surface area contributed by atoms with E-state index >= 15 is 0 Å². The summed E-state index contributed by atoms with van der Waals surface area (Å²) in [6, 6.07) is 63.3. The molecule has 0 fully saturated rings. The Morgan fingerprint density at radius 3 is 1.39 bits per heavy atom. The summed E-state index contributed by atoms with van der Waals surface area (Å²) >= 11 is 0. The number of anilines is 3. The van der Waals surface area contributed by atoms with Crippen LogP contribution in [-0.2, 0) is 5.41 Å². The van der Waals surface area contributed by atoms with Crippen LogP contribution in [-0.4, -0.2) is 0 Å². The Morgan fingerprint density at radius 1 is 0.390 bits per heavy atom. The van der Waals surface area contributed by atoms with Crippen LogP contribution in [0.1, 0.15) is 24.0 Å². The molecule has 2 heteroatoms. The standard InChI is InChI=1S/C57H41NO/c1-5-16-40(17-6-1)42-28-34-45(35-29-42)58(46-36-30-43(31-37-46)41-18-7-2-8-19-41)47-38-32-44(33-39-47)48-22-15-26-54-56(48)59-55-27-14-13-25-53(55)57(54)51-23-11-3-9-20-49(51)50-21-10-4-12-24-52(50)57/h1-19,22-39H,20-21H2. The van der Waals surface area contributed by atoms with Gasteiger partial charge in [0, 0.05) is 33.8 Å². The fourth-order valence-electron chi connectivity index (χ4n) is 9.65. The normalized spacial score (nSPS) is 15.5. The van der Waals surface area contributed by atoms with Crippen molar-refractivity contribution in [3.05, 3.63) is 258 Å². The Labute approximate surface area is 346 Å². The van der Waals surface area contributed by atoms with E-state index in [0.717, 1.165) is 52.5 Å². The second-order valence-corrected chi connectivity index (χ2v) is 15.5. The van der Waals surface area contributed by atoms with Gasteiger partial charge in [0.15, 0.2) is 0 Å². The fraction of sp³-hybridized carbons (Fsp3) is 0.0526. The topological polar surface area (TPSA) is 12.5 Å². The number of hydrogen-bond acceptors (Lipinski definition) is 2. The zero-order valence-electron chi connectivity index (χ0n) is 32.6. The summed E-state index contributed by atoms with van der Waals surface area (Å²) in [5, 5.41) is 0. The molecule has 4 aliphatic rings. The summed E-state index contributed by atoms with van der Waals surface area (Å²) in [5.74, 6) is 1.82. The number of fused-ring (bicyclic) bond motifs is 7. The van der Waals surface area contributed by atoms with Crippen molar-refractivity contribution in [3.8, 4) is 44.9 Å². The lowest BCUT2D eigenvalue weighted by atomic mass is 9.64. The smallest absolute Gasteiger partial charge is 0.140 e. The number of rotatable bonds is 6. The molecule has 0 unspecified atom stereocenters. The van der Waals surface area contributed by atoms with Crippen molar-refractivity contribution in [1.29, 1.82) is 0 Å². The molecule has 0 saturated carbocycles. The minimum Gasteiger partial charge on any atom is -0.456 e. The van der Waals surface area contributed by atoms with E-state index < -0.39 is 5.41 Å². The van der Waals surface area contributed by atoms with Crippen molar-refractivity contribution in [2.75, 3.05) is 4.90 Å². The van der Waals surface area contributed by atoms with Crippen LogP contribution in [0.4, 0.5) is 17.1 Å². The Bertz CT molecular complexity index is 2780. The molecular weight excluding hydrogens is 715 g/mol. The van der Waals surface area contributed by atoms with E-state index in [2.05, 4.69) is 229 Å². The average Bonchev–Trinajstić information content (AvgIpc) is 3.57. The second kappa shape index (κ2) is 14.5. The van der Waals surface area contributed by atoms with Gasteiger partial charge in [-0.25, -0.2) is 0 Å². The van der Waals surface area contributed by atoms with Gasteiger partial charge >= 0.3 is 0 Å². The fourth-order valence-corrected chi connectivity index (χ4v) is 9.65. The molecule has 1 aliphatic heterocycles. The summed E-state index contributed by atoms with van der Waals surface area (Å²) in [4.78, 5) is 2.34. The molecule has 1 heterocycles. The van der Waals surface area contributed by atoms with Gasteiger partial charge in [-0.05, 0) is 105 Å². The number of ether oxygens (including phenoxy) is 1. The number of para-hydroxylation sites is 2. The van der Waals surface area contributed by atoms with Crippen molar-refractivity contribution in [2.24, 2.45) is 0 Å². The van der Waals surface area contributed by atoms with Crippen LogP contribution in [0.3, 0.4) is 0 Å². The molecule has 3 aliphatic carbocycles. The molecule has 0 radical (unpaired) electrons. The number of nitrogens with zero attached hydrogens (tertiary/aromatic N) is 1. The monoisotopic (exact) mass is 755 g/mol. The van der Waals surface area contributed by atoms with E-state index in [1.807, 2.05) is 0 Å². The van der Waals surface area contributed by atoms with Crippen molar-refractivity contribution < 1.29 is 4.74 Å². The van der Waals surface area contributed by atoms with E-state index in [9.17, 15) is 0 Å². The van der Waals surface area contributed by atoms with Crippen LogP contribution >= 0.6 is 0 Å². The lowest BCUT2D eigenvalue weighted by Crippen LogP contribution is -2.33. The lowest BCUT2D eigenvalue weighted by molar-refractivity contribution is 0.436. The number of benzene rings is 7. The third kappa shape index (κ3) is 5.79. The van der Waals surface area contributed by atoms with Crippen LogP contribution < -0.4 is 9.64 Å². The Kier molecular flexibility index (Phi) is 8.56. The van der Waals surface area contributed by atoms with Crippen molar-refractivity contribution in [3.63, 3.8) is 0 Å².